The zero-order valence-electron chi connectivity index (χ0n) is 13.0. The zero-order valence-corrected chi connectivity index (χ0v) is 13.0. The number of ether oxygens (including phenoxy) is 2. The van der Waals surface area contributed by atoms with Crippen LogP contribution in [-0.4, -0.2) is 24.4 Å². The molecule has 0 radical (unpaired) electrons. The maximum Gasteiger partial charge on any atom is 0.387 e. The fourth-order valence-corrected chi connectivity index (χ4v) is 2.24. The number of benzene rings is 2. The lowest BCUT2D eigenvalue weighted by molar-refractivity contribution is -0.255. The molecule has 1 heterocycles. The van der Waals surface area contributed by atoms with Crippen molar-refractivity contribution in [3.8, 4) is 5.75 Å². The molecule has 0 unspecified atom stereocenters. The average Bonchev–Trinajstić information content (AvgIpc) is 2.96. The molecule has 0 saturated carbocycles. The molecule has 3 rings (SSSR count). The minimum Gasteiger partial charge on any atom is -0.545 e. The van der Waals surface area contributed by atoms with Crippen LogP contribution >= 0.6 is 0 Å². The number of aromatic carboxylic acids is 1. The van der Waals surface area contributed by atoms with Crippen molar-refractivity contribution in [1.82, 2.24) is 0 Å². The molecule has 0 saturated heterocycles. The van der Waals surface area contributed by atoms with Gasteiger partial charge in [0.05, 0.1) is 11.5 Å². The van der Waals surface area contributed by atoms with Gasteiger partial charge in [-0.05, 0) is 29.3 Å². The molecule has 1 aliphatic rings. The highest BCUT2D eigenvalue weighted by atomic mass is 19.3. The Labute approximate surface area is 146 Å². The summed E-state index contributed by atoms with van der Waals surface area (Å²) in [7, 11) is 0. The molecule has 0 aromatic heterocycles. The van der Waals surface area contributed by atoms with Crippen LogP contribution < -0.4 is 9.84 Å². The number of halogens is 2. The van der Waals surface area contributed by atoms with Gasteiger partial charge >= 0.3 is 12.6 Å². The molecule has 2 aromatic carbocycles. The second-order valence-electron chi connectivity index (χ2n) is 5.12. The van der Waals surface area contributed by atoms with Gasteiger partial charge in [-0.2, -0.15) is 8.78 Å². The number of rotatable bonds is 5. The molecule has 8 heteroatoms. The molecule has 26 heavy (non-hydrogen) atoms. The van der Waals surface area contributed by atoms with Crippen molar-refractivity contribution in [2.45, 2.75) is 6.61 Å². The number of hydrogen-bond donors (Lipinski definition) is 0. The number of carboxylic acid groups (broad SMARTS) is 1. The quantitative estimate of drug-likeness (QED) is 0.603. The molecule has 0 N–H and O–H groups in total. The van der Waals surface area contributed by atoms with E-state index in [1.54, 1.807) is 6.07 Å². The first-order valence-electron chi connectivity index (χ1n) is 7.32. The summed E-state index contributed by atoms with van der Waals surface area (Å²) in [5.74, 6) is -2.42. The summed E-state index contributed by atoms with van der Waals surface area (Å²) in [6.45, 7) is -3.04. The predicted molar refractivity (Wildman–Crippen MR) is 84.5 cm³/mol. The Morgan fingerprint density at radius 1 is 1.15 bits per heavy atom. The van der Waals surface area contributed by atoms with Crippen molar-refractivity contribution in [2.75, 3.05) is 0 Å². The van der Waals surface area contributed by atoms with Gasteiger partial charge in [-0.3, -0.25) is 0 Å². The van der Waals surface area contributed by atoms with Gasteiger partial charge in [-0.25, -0.2) is 9.79 Å². The Morgan fingerprint density at radius 3 is 2.50 bits per heavy atom. The number of carboxylic acids is 1. The summed E-state index contributed by atoms with van der Waals surface area (Å²) >= 11 is 0. The number of carbonyl (C=O) groups excluding carboxylic acids is 2. The van der Waals surface area contributed by atoms with Crippen molar-refractivity contribution in [3.05, 3.63) is 70.9 Å². The van der Waals surface area contributed by atoms with Crippen molar-refractivity contribution in [2.24, 2.45) is 4.99 Å². The first-order chi connectivity index (χ1) is 12.4. The maximum absolute atomic E-state index is 12.5. The molecule has 2 aromatic rings. The van der Waals surface area contributed by atoms with Gasteiger partial charge in [0, 0.05) is 0 Å². The van der Waals surface area contributed by atoms with Gasteiger partial charge in [0.2, 0.25) is 5.90 Å². The minimum atomic E-state index is -3.04. The predicted octanol–water partition coefficient (Wildman–Crippen LogP) is 2.00. The minimum absolute atomic E-state index is 0.0107. The number of esters is 1. The number of carbonyl (C=O) groups is 2. The Bertz CT molecular complexity index is 919. The molecule has 0 fully saturated rings. The SMILES string of the molecule is O=C1OC(c2ccccc2OC(F)F)=N/C1=C\c1ccc(C(=O)[O-])cc1. The second-order valence-corrected chi connectivity index (χ2v) is 5.12. The van der Waals surface area contributed by atoms with Crippen LogP contribution in [0.15, 0.2) is 59.2 Å². The molecular formula is C18H10F2NO5-. The average molecular weight is 358 g/mol. The summed E-state index contributed by atoms with van der Waals surface area (Å²) in [6.07, 6.45) is 1.38. The Morgan fingerprint density at radius 2 is 1.85 bits per heavy atom. The largest absolute Gasteiger partial charge is 0.545 e. The van der Waals surface area contributed by atoms with Gasteiger partial charge in [-0.1, -0.05) is 36.4 Å². The van der Waals surface area contributed by atoms with E-state index in [0.29, 0.717) is 5.56 Å². The van der Waals surface area contributed by atoms with Crippen LogP contribution in [0.2, 0.25) is 0 Å². The molecule has 6 nitrogen and oxygen atoms in total. The lowest BCUT2D eigenvalue weighted by atomic mass is 10.1. The number of para-hydroxylation sites is 1. The van der Waals surface area contributed by atoms with Crippen LogP contribution in [0.5, 0.6) is 5.75 Å². The number of cyclic esters (lactones) is 1. The van der Waals surface area contributed by atoms with E-state index in [1.807, 2.05) is 0 Å². The van der Waals surface area contributed by atoms with Gasteiger partial charge in [-0.15, -0.1) is 0 Å². The topological polar surface area (TPSA) is 88.0 Å². The van der Waals surface area contributed by atoms with Crippen molar-refractivity contribution >= 4 is 23.9 Å². The van der Waals surface area contributed by atoms with E-state index in [2.05, 4.69) is 9.73 Å². The molecule has 0 atom stereocenters. The van der Waals surface area contributed by atoms with Gasteiger partial charge in [0.1, 0.15) is 5.75 Å². The summed E-state index contributed by atoms with van der Waals surface area (Å²) < 4.78 is 34.4. The number of nitrogens with zero attached hydrogens (tertiary/aromatic N) is 1. The maximum atomic E-state index is 12.5. The molecule has 0 aliphatic carbocycles. The highest BCUT2D eigenvalue weighted by Crippen LogP contribution is 2.26. The first-order valence-corrected chi connectivity index (χ1v) is 7.32. The van der Waals surface area contributed by atoms with Crippen LogP contribution in [0.1, 0.15) is 21.5 Å². The fraction of sp³-hybridized carbons (Fsp3) is 0.0556. The van der Waals surface area contributed by atoms with Gasteiger partial charge < -0.3 is 19.4 Å². The third-order valence-electron chi connectivity index (χ3n) is 3.40. The summed E-state index contributed by atoms with van der Waals surface area (Å²) in [5.41, 5.74) is 0.539. The molecule has 132 valence electrons. The van der Waals surface area contributed by atoms with Crippen molar-refractivity contribution in [3.63, 3.8) is 0 Å². The van der Waals surface area contributed by atoms with Crippen molar-refractivity contribution < 1.29 is 33.0 Å². The molecule has 0 bridgehead atoms. The van der Waals surface area contributed by atoms with Crippen LogP contribution in [0, 0.1) is 0 Å². The van der Waals surface area contributed by atoms with Gasteiger partial charge in [0.15, 0.2) is 5.70 Å². The third-order valence-corrected chi connectivity index (χ3v) is 3.40. The van der Waals surface area contributed by atoms with Crippen LogP contribution in [0.3, 0.4) is 0 Å². The summed E-state index contributed by atoms with van der Waals surface area (Å²) in [4.78, 5) is 26.7. The fourth-order valence-electron chi connectivity index (χ4n) is 2.24. The smallest absolute Gasteiger partial charge is 0.387 e. The zero-order chi connectivity index (χ0) is 18.7. The second kappa shape index (κ2) is 7.14. The normalized spacial score (nSPS) is 15.1. The Balaban J connectivity index is 1.91. The van der Waals surface area contributed by atoms with E-state index in [4.69, 9.17) is 4.74 Å². The van der Waals surface area contributed by atoms with Crippen LogP contribution in [-0.2, 0) is 9.53 Å². The van der Waals surface area contributed by atoms with Gasteiger partial charge in [0.25, 0.3) is 0 Å². The molecule has 0 amide bonds. The number of alkyl halides is 2. The van der Waals surface area contributed by atoms with Crippen molar-refractivity contribution in [1.29, 1.82) is 0 Å². The number of hydrogen-bond acceptors (Lipinski definition) is 6. The van der Waals surface area contributed by atoms with E-state index >= 15 is 0 Å². The van der Waals surface area contributed by atoms with E-state index in [9.17, 15) is 23.5 Å². The third kappa shape index (κ3) is 3.75. The Hall–Kier alpha value is -3.55. The van der Waals surface area contributed by atoms with Crippen LogP contribution in [0.25, 0.3) is 6.08 Å². The first kappa shape index (κ1) is 17.3. The molecular weight excluding hydrogens is 348 g/mol. The standard InChI is InChI=1S/C18H11F2NO5/c19-18(20)25-14-4-2-1-3-12(14)15-21-13(17(24)26-15)9-10-5-7-11(8-6-10)16(22)23/h1-9,18H,(H,22,23)/p-1/b13-9-. The summed E-state index contributed by atoms with van der Waals surface area (Å²) in [6, 6.07) is 11.4. The Kier molecular flexibility index (Phi) is 4.74. The highest BCUT2D eigenvalue weighted by molar-refractivity contribution is 6.13. The van der Waals surface area contributed by atoms with E-state index in [0.717, 1.165) is 0 Å². The van der Waals surface area contributed by atoms with E-state index in [1.165, 1.54) is 48.5 Å². The van der Waals surface area contributed by atoms with Crippen LogP contribution in [0.4, 0.5) is 8.78 Å². The van der Waals surface area contributed by atoms with E-state index < -0.39 is 18.6 Å². The lowest BCUT2D eigenvalue weighted by Crippen LogP contribution is -2.21. The molecule has 1 aliphatic heterocycles. The number of aliphatic imine (C=N–C) groups is 1. The lowest BCUT2D eigenvalue weighted by Gasteiger charge is -2.08. The summed E-state index contributed by atoms with van der Waals surface area (Å²) in [5, 5.41) is 10.7. The monoisotopic (exact) mass is 358 g/mol. The molecule has 0 spiro atoms. The van der Waals surface area contributed by atoms with E-state index in [-0.39, 0.29) is 28.5 Å². The highest BCUT2D eigenvalue weighted by Gasteiger charge is 2.26.